The summed E-state index contributed by atoms with van der Waals surface area (Å²) in [6, 6.07) is 4.80. The topological polar surface area (TPSA) is 100 Å². The molecule has 1 saturated carbocycles. The lowest BCUT2D eigenvalue weighted by Crippen LogP contribution is -2.48. The van der Waals surface area contributed by atoms with E-state index in [1.165, 1.54) is 6.42 Å². The van der Waals surface area contributed by atoms with E-state index < -0.39 is 0 Å². The third-order valence-corrected chi connectivity index (χ3v) is 7.05. The smallest absolute Gasteiger partial charge is 0.319 e. The van der Waals surface area contributed by atoms with Gasteiger partial charge in [-0.25, -0.2) is 4.79 Å². The van der Waals surface area contributed by atoms with Crippen molar-refractivity contribution in [1.29, 1.82) is 0 Å². The van der Waals surface area contributed by atoms with Crippen molar-refractivity contribution >= 4 is 23.5 Å². The monoisotopic (exact) mass is 488 g/mol. The normalized spacial score (nSPS) is 24.5. The summed E-state index contributed by atoms with van der Waals surface area (Å²) in [5.41, 5.74) is 0.872. The number of hydrogen-bond donors (Lipinski definition) is 2. The molecule has 4 amide bonds. The van der Waals surface area contributed by atoms with Gasteiger partial charge in [0.1, 0.15) is 12.4 Å². The number of methoxy groups -OCH3 is 1. The first kappa shape index (κ1) is 26.8. The van der Waals surface area contributed by atoms with Crippen molar-refractivity contribution in [2.24, 2.45) is 5.92 Å². The SMILES string of the molecule is CO[C@H]1CN(C)C(=O)c2cc(NC(=O)NC3CCCCC3)ccc2OC[C@@H](C)N(C(C)=O)C[C@@H]1C. The summed E-state index contributed by atoms with van der Waals surface area (Å²) in [7, 11) is 3.34. The maximum Gasteiger partial charge on any atom is 0.319 e. The number of likely N-dealkylation sites (N-methyl/N-ethyl adjacent to an activating group) is 1. The Bertz CT molecular complexity index is 902. The molecule has 9 nitrogen and oxygen atoms in total. The number of urea groups is 1. The van der Waals surface area contributed by atoms with Gasteiger partial charge in [-0.1, -0.05) is 26.2 Å². The van der Waals surface area contributed by atoms with E-state index in [-0.39, 0.29) is 48.6 Å². The van der Waals surface area contributed by atoms with Crippen LogP contribution >= 0.6 is 0 Å². The molecule has 0 radical (unpaired) electrons. The molecule has 9 heteroatoms. The largest absolute Gasteiger partial charge is 0.491 e. The van der Waals surface area contributed by atoms with Crippen molar-refractivity contribution in [3.63, 3.8) is 0 Å². The summed E-state index contributed by atoms with van der Waals surface area (Å²) in [4.78, 5) is 41.7. The number of ether oxygens (including phenoxy) is 2. The summed E-state index contributed by atoms with van der Waals surface area (Å²) in [6.45, 7) is 6.60. The van der Waals surface area contributed by atoms with Gasteiger partial charge in [0.05, 0.1) is 17.7 Å². The molecule has 1 heterocycles. The number of benzene rings is 1. The Morgan fingerprint density at radius 3 is 2.49 bits per heavy atom. The van der Waals surface area contributed by atoms with Gasteiger partial charge in [-0.3, -0.25) is 9.59 Å². The molecular formula is C26H40N4O5. The summed E-state index contributed by atoms with van der Waals surface area (Å²) >= 11 is 0. The molecule has 35 heavy (non-hydrogen) atoms. The summed E-state index contributed by atoms with van der Waals surface area (Å²) in [5, 5.41) is 5.90. The Balaban J connectivity index is 1.84. The van der Waals surface area contributed by atoms with Crippen LogP contribution in [0.4, 0.5) is 10.5 Å². The fraction of sp³-hybridized carbons (Fsp3) is 0.654. The molecule has 1 aromatic carbocycles. The van der Waals surface area contributed by atoms with E-state index >= 15 is 0 Å². The van der Waals surface area contributed by atoms with Crippen LogP contribution in [0.25, 0.3) is 0 Å². The van der Waals surface area contributed by atoms with Gasteiger partial charge in [0.15, 0.2) is 0 Å². The van der Waals surface area contributed by atoms with Gasteiger partial charge in [0.25, 0.3) is 5.91 Å². The Hall–Kier alpha value is -2.81. The highest BCUT2D eigenvalue weighted by molar-refractivity contribution is 5.99. The van der Waals surface area contributed by atoms with Crippen LogP contribution in [0.3, 0.4) is 0 Å². The van der Waals surface area contributed by atoms with E-state index in [2.05, 4.69) is 10.6 Å². The number of fused-ring (bicyclic) bond motifs is 1. The molecule has 0 unspecified atom stereocenters. The minimum atomic E-state index is -0.272. The first-order valence-corrected chi connectivity index (χ1v) is 12.6. The molecule has 3 atom stereocenters. The number of rotatable bonds is 3. The van der Waals surface area contributed by atoms with Crippen LogP contribution in [0.15, 0.2) is 18.2 Å². The predicted octanol–water partition coefficient (Wildman–Crippen LogP) is 3.49. The quantitative estimate of drug-likeness (QED) is 0.678. The van der Waals surface area contributed by atoms with E-state index in [1.807, 2.05) is 13.8 Å². The van der Waals surface area contributed by atoms with Crippen LogP contribution in [-0.4, -0.2) is 79.7 Å². The third-order valence-electron chi connectivity index (χ3n) is 7.05. The van der Waals surface area contributed by atoms with Gasteiger partial charge in [-0.2, -0.15) is 0 Å². The molecule has 0 spiro atoms. The van der Waals surface area contributed by atoms with Crippen molar-refractivity contribution in [2.75, 3.05) is 39.2 Å². The van der Waals surface area contributed by atoms with Crippen LogP contribution < -0.4 is 15.4 Å². The number of carbonyl (C=O) groups is 3. The van der Waals surface area contributed by atoms with E-state index in [9.17, 15) is 14.4 Å². The highest BCUT2D eigenvalue weighted by atomic mass is 16.5. The van der Waals surface area contributed by atoms with Crippen molar-refractivity contribution in [2.45, 2.75) is 71.1 Å². The van der Waals surface area contributed by atoms with Gasteiger partial charge in [0, 0.05) is 51.8 Å². The van der Waals surface area contributed by atoms with Gasteiger partial charge in [-0.15, -0.1) is 0 Å². The fourth-order valence-electron chi connectivity index (χ4n) is 4.89. The number of hydrogen-bond acceptors (Lipinski definition) is 5. The van der Waals surface area contributed by atoms with Crippen molar-refractivity contribution in [1.82, 2.24) is 15.1 Å². The molecule has 0 aromatic heterocycles. The molecule has 2 aliphatic rings. The van der Waals surface area contributed by atoms with Gasteiger partial charge < -0.3 is 29.9 Å². The molecule has 3 rings (SSSR count). The molecule has 1 aliphatic heterocycles. The second-order valence-corrected chi connectivity index (χ2v) is 9.91. The van der Waals surface area contributed by atoms with Crippen molar-refractivity contribution in [3.05, 3.63) is 23.8 Å². The van der Waals surface area contributed by atoms with E-state index in [4.69, 9.17) is 9.47 Å². The highest BCUT2D eigenvalue weighted by Crippen LogP contribution is 2.27. The number of anilines is 1. The summed E-state index contributed by atoms with van der Waals surface area (Å²) < 4.78 is 11.7. The second-order valence-electron chi connectivity index (χ2n) is 9.91. The second kappa shape index (κ2) is 12.2. The lowest BCUT2D eigenvalue weighted by Gasteiger charge is -2.35. The van der Waals surface area contributed by atoms with Gasteiger partial charge in [-0.05, 0) is 38.0 Å². The van der Waals surface area contributed by atoms with Gasteiger partial charge >= 0.3 is 6.03 Å². The van der Waals surface area contributed by atoms with E-state index in [0.717, 1.165) is 25.7 Å². The Morgan fingerprint density at radius 1 is 1.11 bits per heavy atom. The fourth-order valence-corrected chi connectivity index (χ4v) is 4.89. The molecule has 1 aromatic rings. The van der Waals surface area contributed by atoms with Crippen LogP contribution in [0.1, 0.15) is 63.2 Å². The Labute approximate surface area is 208 Å². The molecule has 1 fully saturated rings. The Morgan fingerprint density at radius 2 is 1.83 bits per heavy atom. The van der Waals surface area contributed by atoms with Crippen molar-refractivity contribution in [3.8, 4) is 5.75 Å². The number of nitrogens with zero attached hydrogens (tertiary/aromatic N) is 2. The lowest BCUT2D eigenvalue weighted by molar-refractivity contribution is -0.133. The van der Waals surface area contributed by atoms with Gasteiger partial charge in [0.2, 0.25) is 5.91 Å². The standard InChI is InChI=1S/C26H40N4O5/c1-17-14-30(19(3)31)18(2)16-35-23-12-11-21(28-26(33)27-20-9-7-6-8-10-20)13-22(23)25(32)29(4)15-24(17)34-5/h11-13,17-18,20,24H,6-10,14-16H2,1-5H3,(H2,27,28,33)/t17-,18+,24-/m0/s1. The number of carbonyl (C=O) groups excluding carboxylic acids is 3. The molecule has 194 valence electrons. The molecular weight excluding hydrogens is 448 g/mol. The highest BCUT2D eigenvalue weighted by Gasteiger charge is 2.29. The van der Waals surface area contributed by atoms with Crippen LogP contribution in [-0.2, 0) is 9.53 Å². The zero-order valence-corrected chi connectivity index (χ0v) is 21.6. The first-order valence-electron chi connectivity index (χ1n) is 12.6. The van der Waals surface area contributed by atoms with E-state index in [0.29, 0.717) is 30.1 Å². The predicted molar refractivity (Wildman–Crippen MR) is 135 cm³/mol. The first-order chi connectivity index (χ1) is 16.7. The zero-order valence-electron chi connectivity index (χ0n) is 21.6. The van der Waals surface area contributed by atoms with Crippen LogP contribution in [0.5, 0.6) is 5.75 Å². The minimum Gasteiger partial charge on any atom is -0.491 e. The third kappa shape index (κ3) is 7.10. The number of nitrogens with one attached hydrogen (secondary N) is 2. The maximum absolute atomic E-state index is 13.4. The maximum atomic E-state index is 13.4. The van der Waals surface area contributed by atoms with Crippen LogP contribution in [0.2, 0.25) is 0 Å². The average molecular weight is 489 g/mol. The molecule has 0 bridgehead atoms. The summed E-state index contributed by atoms with van der Waals surface area (Å²) in [5.74, 6) is 0.172. The lowest BCUT2D eigenvalue weighted by atomic mass is 9.96. The number of amides is 4. The molecule has 2 N–H and O–H groups in total. The summed E-state index contributed by atoms with van der Waals surface area (Å²) in [6.07, 6.45) is 5.20. The van der Waals surface area contributed by atoms with E-state index in [1.54, 1.807) is 49.1 Å². The zero-order chi connectivity index (χ0) is 25.5. The van der Waals surface area contributed by atoms with Crippen LogP contribution in [0, 0.1) is 5.92 Å². The van der Waals surface area contributed by atoms with Crippen molar-refractivity contribution < 1.29 is 23.9 Å². The molecule has 0 saturated heterocycles. The average Bonchev–Trinajstić information content (AvgIpc) is 2.83. The Kier molecular flexibility index (Phi) is 9.37. The minimum absolute atomic E-state index is 0.0111. The molecule has 1 aliphatic carbocycles.